The molecular weight excluding hydrogens is 774 g/mol. The van der Waals surface area contributed by atoms with Gasteiger partial charge < -0.3 is 27.9 Å². The SMILES string of the molecule is CC/C=C/C/C=C/C/C=C/C/C=C/C/C=C/C/C=C/CCC(=O)O[C@H](COC(=O)CCC/C=C/C/C=C/C/C=C/CCCCCCCC)COP(=O)([O-])OCC[N+](C)(C)C. The van der Waals surface area contributed by atoms with E-state index in [1.807, 2.05) is 39.4 Å². The molecule has 0 aliphatic carbocycles. The maximum Gasteiger partial charge on any atom is 0.306 e. The van der Waals surface area contributed by atoms with Crippen molar-refractivity contribution in [1.29, 1.82) is 0 Å². The van der Waals surface area contributed by atoms with Gasteiger partial charge in [-0.05, 0) is 83.5 Å². The highest BCUT2D eigenvalue weighted by atomic mass is 31.2. The van der Waals surface area contributed by atoms with Gasteiger partial charge in [-0.2, -0.15) is 0 Å². The summed E-state index contributed by atoms with van der Waals surface area (Å²) >= 11 is 0. The van der Waals surface area contributed by atoms with E-state index in [1.165, 1.54) is 38.5 Å². The molecule has 0 saturated heterocycles. The van der Waals surface area contributed by atoms with Gasteiger partial charge in [0, 0.05) is 12.8 Å². The maximum absolute atomic E-state index is 12.7. The molecule has 0 N–H and O–H groups in total. The molecular formula is C50H82NO8P. The van der Waals surface area contributed by atoms with Crippen molar-refractivity contribution >= 4 is 19.8 Å². The van der Waals surface area contributed by atoms with Crippen LogP contribution in [0.25, 0.3) is 0 Å². The number of unbranched alkanes of at least 4 members (excludes halogenated alkanes) is 7. The first kappa shape index (κ1) is 56.7. The van der Waals surface area contributed by atoms with Crippen LogP contribution < -0.4 is 4.89 Å². The van der Waals surface area contributed by atoms with E-state index in [0.717, 1.165) is 64.2 Å². The number of nitrogens with zero attached hydrogens (tertiary/aromatic N) is 1. The molecule has 0 saturated carbocycles. The van der Waals surface area contributed by atoms with E-state index in [4.69, 9.17) is 18.5 Å². The number of rotatable bonds is 39. The average molecular weight is 856 g/mol. The third kappa shape index (κ3) is 44.2. The van der Waals surface area contributed by atoms with Gasteiger partial charge in [-0.1, -0.05) is 155 Å². The Labute approximate surface area is 366 Å². The predicted molar refractivity (Wildman–Crippen MR) is 249 cm³/mol. The van der Waals surface area contributed by atoms with Crippen LogP contribution in [-0.2, 0) is 32.7 Å². The molecule has 0 spiro atoms. The van der Waals surface area contributed by atoms with Gasteiger partial charge in [0.2, 0.25) is 0 Å². The summed E-state index contributed by atoms with van der Waals surface area (Å²) in [4.78, 5) is 37.5. The molecule has 0 aromatic carbocycles. The second-order valence-electron chi connectivity index (χ2n) is 15.7. The molecule has 340 valence electrons. The number of hydrogen-bond acceptors (Lipinski definition) is 8. The maximum atomic E-state index is 12.7. The number of hydrogen-bond donors (Lipinski definition) is 0. The standard InChI is InChI=1S/C50H82NO8P/c1-6-8-10-12-14-16-18-20-22-24-25-27-29-31-33-35-37-39-41-43-50(53)59-48(47-58-60(54,55)57-45-44-51(3,4)5)46-56-49(52)42-40-38-36-34-32-30-28-26-23-21-19-17-15-13-11-9-7-2/h8,10,14,16,20-23,25,27-28,30-31,33-34,36-37,39,48H,6-7,9,11-13,15,17-19,24,26,29,32,35,38,40-47H2,1-5H3/b10-8+,16-14+,22-20+,23-21+,27-25+,30-28+,33-31+,36-34+,39-37+/t48-/m1/s1. The van der Waals surface area contributed by atoms with E-state index in [-0.39, 0.29) is 26.1 Å². The first-order valence-electron chi connectivity index (χ1n) is 22.6. The number of esters is 2. The lowest BCUT2D eigenvalue weighted by molar-refractivity contribution is -0.870. The van der Waals surface area contributed by atoms with Crippen molar-refractivity contribution in [3.8, 4) is 0 Å². The van der Waals surface area contributed by atoms with Crippen LogP contribution in [0.15, 0.2) is 109 Å². The van der Waals surface area contributed by atoms with Gasteiger partial charge in [-0.25, -0.2) is 0 Å². The molecule has 0 radical (unpaired) electrons. The molecule has 2 atom stereocenters. The van der Waals surface area contributed by atoms with E-state index < -0.39 is 32.5 Å². The Kier molecular flexibility index (Phi) is 38.8. The first-order chi connectivity index (χ1) is 29.0. The van der Waals surface area contributed by atoms with Gasteiger partial charge in [0.15, 0.2) is 6.10 Å². The van der Waals surface area contributed by atoms with Gasteiger partial charge in [-0.3, -0.25) is 14.2 Å². The number of likely N-dealkylation sites (N-methyl/N-ethyl adjacent to an activating group) is 1. The summed E-state index contributed by atoms with van der Waals surface area (Å²) in [5.74, 6) is -1.01. The molecule has 0 amide bonds. The summed E-state index contributed by atoms with van der Waals surface area (Å²) in [7, 11) is 1.07. The third-order valence-corrected chi connectivity index (χ3v) is 9.75. The Bertz CT molecular complexity index is 1380. The highest BCUT2D eigenvalue weighted by molar-refractivity contribution is 7.45. The zero-order valence-corrected chi connectivity index (χ0v) is 39.0. The smallest absolute Gasteiger partial charge is 0.306 e. The van der Waals surface area contributed by atoms with Crippen molar-refractivity contribution in [3.63, 3.8) is 0 Å². The van der Waals surface area contributed by atoms with Crippen molar-refractivity contribution in [2.45, 2.75) is 148 Å². The summed E-state index contributed by atoms with van der Waals surface area (Å²) in [6.07, 6.45) is 55.7. The number of phosphoric acid groups is 1. The highest BCUT2D eigenvalue weighted by Gasteiger charge is 2.21. The van der Waals surface area contributed by atoms with E-state index in [2.05, 4.69) is 105 Å². The molecule has 1 unspecified atom stereocenters. The molecule has 0 bridgehead atoms. The van der Waals surface area contributed by atoms with Crippen molar-refractivity contribution in [2.24, 2.45) is 0 Å². The van der Waals surface area contributed by atoms with Crippen LogP contribution in [0.1, 0.15) is 142 Å². The lowest BCUT2D eigenvalue weighted by Crippen LogP contribution is -2.37. The number of allylic oxidation sites excluding steroid dienone is 18. The van der Waals surface area contributed by atoms with Crippen LogP contribution in [0.4, 0.5) is 0 Å². The molecule has 10 heteroatoms. The van der Waals surface area contributed by atoms with Crippen LogP contribution in [0.3, 0.4) is 0 Å². The highest BCUT2D eigenvalue weighted by Crippen LogP contribution is 2.38. The van der Waals surface area contributed by atoms with Gasteiger partial charge in [-0.15, -0.1) is 0 Å². The molecule has 0 fully saturated rings. The number of quaternary nitrogens is 1. The normalized spacial score (nSPS) is 14.6. The fraction of sp³-hybridized carbons (Fsp3) is 0.600. The summed E-state index contributed by atoms with van der Waals surface area (Å²) in [6, 6.07) is 0. The van der Waals surface area contributed by atoms with Crippen molar-refractivity contribution in [2.75, 3.05) is 47.5 Å². The molecule has 0 aromatic rings. The molecule has 0 rings (SSSR count). The van der Waals surface area contributed by atoms with Crippen LogP contribution in [-0.4, -0.2) is 70.0 Å². The number of carbonyl (C=O) groups excluding carboxylic acids is 2. The molecule has 0 aliphatic rings. The van der Waals surface area contributed by atoms with Crippen LogP contribution in [0.5, 0.6) is 0 Å². The second kappa shape index (κ2) is 41.0. The fourth-order valence-corrected chi connectivity index (χ4v) is 6.01. The van der Waals surface area contributed by atoms with Crippen LogP contribution >= 0.6 is 7.82 Å². The fourth-order valence-electron chi connectivity index (χ4n) is 5.28. The first-order valence-corrected chi connectivity index (χ1v) is 24.1. The minimum absolute atomic E-state index is 0.0584. The number of carbonyl (C=O) groups is 2. The van der Waals surface area contributed by atoms with Crippen molar-refractivity contribution in [3.05, 3.63) is 109 Å². The number of ether oxygens (including phenoxy) is 2. The van der Waals surface area contributed by atoms with Gasteiger partial charge in [0.25, 0.3) is 7.82 Å². The largest absolute Gasteiger partial charge is 0.756 e. The lowest BCUT2D eigenvalue weighted by Gasteiger charge is -2.28. The number of phosphoric ester groups is 1. The molecule has 0 heterocycles. The summed E-state index contributed by atoms with van der Waals surface area (Å²) in [6.45, 7) is 3.93. The Morgan fingerprint density at radius 1 is 0.533 bits per heavy atom. The summed E-state index contributed by atoms with van der Waals surface area (Å²) in [5.41, 5.74) is 0. The topological polar surface area (TPSA) is 111 Å². The van der Waals surface area contributed by atoms with Gasteiger partial charge >= 0.3 is 11.9 Å². The lowest BCUT2D eigenvalue weighted by atomic mass is 10.1. The zero-order chi connectivity index (χ0) is 44.3. The van der Waals surface area contributed by atoms with Gasteiger partial charge in [0.1, 0.15) is 19.8 Å². The Hall–Kier alpha value is -3.33. The zero-order valence-electron chi connectivity index (χ0n) is 38.1. The third-order valence-electron chi connectivity index (χ3n) is 8.79. The summed E-state index contributed by atoms with van der Waals surface area (Å²) < 4.78 is 33.7. The van der Waals surface area contributed by atoms with Gasteiger partial charge in [0.05, 0.1) is 27.7 Å². The second-order valence-corrected chi connectivity index (χ2v) is 17.1. The monoisotopic (exact) mass is 856 g/mol. The van der Waals surface area contributed by atoms with E-state index in [1.54, 1.807) is 0 Å². The predicted octanol–water partition coefficient (Wildman–Crippen LogP) is 12.5. The molecule has 9 nitrogen and oxygen atoms in total. The Morgan fingerprint density at radius 3 is 1.48 bits per heavy atom. The Balaban J connectivity index is 4.58. The van der Waals surface area contributed by atoms with Crippen molar-refractivity contribution < 1.29 is 42.1 Å². The van der Waals surface area contributed by atoms with E-state index >= 15 is 0 Å². The molecule has 60 heavy (non-hydrogen) atoms. The van der Waals surface area contributed by atoms with Crippen molar-refractivity contribution in [1.82, 2.24) is 0 Å². The minimum Gasteiger partial charge on any atom is -0.756 e. The van der Waals surface area contributed by atoms with E-state index in [0.29, 0.717) is 23.9 Å². The quantitative estimate of drug-likeness (QED) is 0.0198. The van der Waals surface area contributed by atoms with Crippen LogP contribution in [0.2, 0.25) is 0 Å². The molecule has 0 aromatic heterocycles. The van der Waals surface area contributed by atoms with E-state index in [9.17, 15) is 19.0 Å². The minimum atomic E-state index is -4.67. The summed E-state index contributed by atoms with van der Waals surface area (Å²) in [5, 5.41) is 0. The average Bonchev–Trinajstić information content (AvgIpc) is 3.20. The molecule has 0 aliphatic heterocycles. The van der Waals surface area contributed by atoms with Crippen LogP contribution in [0, 0.1) is 0 Å². The Morgan fingerprint density at radius 2 is 0.983 bits per heavy atom.